The van der Waals surface area contributed by atoms with E-state index in [0.29, 0.717) is 33.7 Å². The molecule has 152 valence electrons. The molecule has 3 aromatic heterocycles. The highest BCUT2D eigenvalue weighted by atomic mass is 19.1. The number of hydrogen-bond acceptors (Lipinski definition) is 5. The van der Waals surface area contributed by atoms with Crippen molar-refractivity contribution in [2.75, 3.05) is 5.32 Å². The SMILES string of the molecule is Cc1noc2nc(-c3ccc(F)cc3)cc(C(=O)Nc3ccn(-c4ccccc4)n3)c12. The fourth-order valence-electron chi connectivity index (χ4n) is 3.34. The van der Waals surface area contributed by atoms with Crippen molar-refractivity contribution in [2.24, 2.45) is 0 Å². The third-order valence-corrected chi connectivity index (χ3v) is 4.85. The number of nitrogens with one attached hydrogen (secondary N) is 1. The molecule has 0 aliphatic carbocycles. The maximum atomic E-state index is 13.3. The minimum Gasteiger partial charge on any atom is -0.335 e. The summed E-state index contributed by atoms with van der Waals surface area (Å²) >= 11 is 0. The lowest BCUT2D eigenvalue weighted by atomic mass is 10.1. The molecule has 0 spiro atoms. The van der Waals surface area contributed by atoms with Gasteiger partial charge in [-0.1, -0.05) is 23.4 Å². The van der Waals surface area contributed by atoms with E-state index in [0.717, 1.165) is 5.69 Å². The zero-order chi connectivity index (χ0) is 21.4. The highest BCUT2D eigenvalue weighted by molar-refractivity contribution is 6.12. The molecule has 8 heteroatoms. The van der Waals surface area contributed by atoms with E-state index in [2.05, 4.69) is 20.6 Å². The monoisotopic (exact) mass is 413 g/mol. The standard InChI is InChI=1S/C23H16FN5O2/c1-14-21-18(13-19(25-23(21)31-28-14)15-7-9-16(24)10-8-15)22(30)26-20-11-12-29(27-20)17-5-3-2-4-6-17/h2-13H,1H3,(H,26,27,30). The van der Waals surface area contributed by atoms with Gasteiger partial charge in [0.25, 0.3) is 11.6 Å². The van der Waals surface area contributed by atoms with Crippen LogP contribution in [-0.4, -0.2) is 25.8 Å². The topological polar surface area (TPSA) is 85.8 Å². The zero-order valence-electron chi connectivity index (χ0n) is 16.4. The number of benzene rings is 2. The van der Waals surface area contributed by atoms with Gasteiger partial charge in [0.2, 0.25) is 0 Å². The molecule has 31 heavy (non-hydrogen) atoms. The Kier molecular flexibility index (Phi) is 4.51. The minimum atomic E-state index is -0.375. The first kappa shape index (κ1) is 18.7. The summed E-state index contributed by atoms with van der Waals surface area (Å²) in [5.41, 5.74) is 3.14. The van der Waals surface area contributed by atoms with E-state index in [4.69, 9.17) is 4.52 Å². The third-order valence-electron chi connectivity index (χ3n) is 4.85. The number of carbonyl (C=O) groups excluding carboxylic acids is 1. The predicted octanol–water partition coefficient (Wildman–Crippen LogP) is 4.78. The first-order chi connectivity index (χ1) is 15.1. The molecule has 0 saturated heterocycles. The first-order valence-electron chi connectivity index (χ1n) is 9.54. The molecule has 1 amide bonds. The van der Waals surface area contributed by atoms with Crippen LogP contribution >= 0.6 is 0 Å². The number of hydrogen-bond donors (Lipinski definition) is 1. The summed E-state index contributed by atoms with van der Waals surface area (Å²) in [5, 5.41) is 11.7. The van der Waals surface area contributed by atoms with Crippen molar-refractivity contribution in [2.45, 2.75) is 6.92 Å². The van der Waals surface area contributed by atoms with Gasteiger partial charge in [-0.05, 0) is 49.4 Å². The fourth-order valence-corrected chi connectivity index (χ4v) is 3.34. The van der Waals surface area contributed by atoms with Crippen molar-refractivity contribution in [1.29, 1.82) is 0 Å². The highest BCUT2D eigenvalue weighted by Crippen LogP contribution is 2.28. The lowest BCUT2D eigenvalue weighted by Gasteiger charge is -2.07. The van der Waals surface area contributed by atoms with E-state index in [-0.39, 0.29) is 17.4 Å². The smallest absolute Gasteiger partial charge is 0.259 e. The number of anilines is 1. The zero-order valence-corrected chi connectivity index (χ0v) is 16.4. The molecule has 7 nitrogen and oxygen atoms in total. The number of pyridine rings is 1. The van der Waals surface area contributed by atoms with Gasteiger partial charge in [0, 0.05) is 17.8 Å². The molecule has 2 aromatic carbocycles. The predicted molar refractivity (Wildman–Crippen MR) is 113 cm³/mol. The number of nitrogens with zero attached hydrogens (tertiary/aromatic N) is 4. The number of rotatable bonds is 4. The number of fused-ring (bicyclic) bond motifs is 1. The van der Waals surface area contributed by atoms with Crippen molar-refractivity contribution >= 4 is 22.8 Å². The molecule has 0 aliphatic rings. The normalized spacial score (nSPS) is 11.0. The van der Waals surface area contributed by atoms with Crippen molar-refractivity contribution in [3.05, 3.63) is 90.0 Å². The molecule has 0 aliphatic heterocycles. The molecule has 0 bridgehead atoms. The molecule has 0 unspecified atom stereocenters. The summed E-state index contributed by atoms with van der Waals surface area (Å²) in [5.74, 6) is -0.330. The second-order valence-electron chi connectivity index (χ2n) is 6.95. The average molecular weight is 413 g/mol. The third kappa shape index (κ3) is 3.55. The largest absolute Gasteiger partial charge is 0.335 e. The van der Waals surface area contributed by atoms with E-state index in [9.17, 15) is 9.18 Å². The second-order valence-corrected chi connectivity index (χ2v) is 6.95. The van der Waals surface area contributed by atoms with E-state index < -0.39 is 0 Å². The van der Waals surface area contributed by atoms with Gasteiger partial charge < -0.3 is 9.84 Å². The molecular formula is C23H16FN5O2. The molecule has 0 atom stereocenters. The van der Waals surface area contributed by atoms with Gasteiger partial charge in [-0.25, -0.2) is 14.1 Å². The maximum absolute atomic E-state index is 13.3. The van der Waals surface area contributed by atoms with Crippen LogP contribution in [0.2, 0.25) is 0 Å². The van der Waals surface area contributed by atoms with E-state index >= 15 is 0 Å². The van der Waals surface area contributed by atoms with Crippen LogP contribution in [0.1, 0.15) is 16.1 Å². The number of para-hydroxylation sites is 1. The Morgan fingerprint density at radius 1 is 1.06 bits per heavy atom. The minimum absolute atomic E-state index is 0.235. The van der Waals surface area contributed by atoms with Gasteiger partial charge in [-0.3, -0.25) is 4.79 Å². The van der Waals surface area contributed by atoms with Crippen LogP contribution in [-0.2, 0) is 0 Å². The Bertz CT molecular complexity index is 1390. The lowest BCUT2D eigenvalue weighted by Crippen LogP contribution is -2.14. The molecule has 0 fully saturated rings. The molecular weight excluding hydrogens is 397 g/mol. The Morgan fingerprint density at radius 3 is 2.61 bits per heavy atom. The van der Waals surface area contributed by atoms with E-state index in [1.165, 1.54) is 12.1 Å². The van der Waals surface area contributed by atoms with Gasteiger partial charge in [0.1, 0.15) is 5.82 Å². The summed E-state index contributed by atoms with van der Waals surface area (Å²) in [6.07, 6.45) is 1.77. The Hall–Kier alpha value is -4.33. The van der Waals surface area contributed by atoms with Crippen molar-refractivity contribution in [3.63, 3.8) is 0 Å². The number of aromatic nitrogens is 4. The fraction of sp³-hybridized carbons (Fsp3) is 0.0435. The Labute approximate surface area is 176 Å². The first-order valence-corrected chi connectivity index (χ1v) is 9.54. The van der Waals surface area contributed by atoms with E-state index in [1.807, 2.05) is 30.3 Å². The molecule has 3 heterocycles. The van der Waals surface area contributed by atoms with Crippen molar-refractivity contribution in [1.82, 2.24) is 19.9 Å². The van der Waals surface area contributed by atoms with Gasteiger partial charge in [-0.15, -0.1) is 0 Å². The van der Waals surface area contributed by atoms with Gasteiger partial charge >= 0.3 is 0 Å². The number of aryl methyl sites for hydroxylation is 1. The Balaban J connectivity index is 1.51. The number of amides is 1. The van der Waals surface area contributed by atoms with Crippen LogP contribution in [0.3, 0.4) is 0 Å². The van der Waals surface area contributed by atoms with E-state index in [1.54, 1.807) is 42.1 Å². The maximum Gasteiger partial charge on any atom is 0.259 e. The quantitative estimate of drug-likeness (QED) is 0.458. The van der Waals surface area contributed by atoms with Crippen LogP contribution < -0.4 is 5.32 Å². The second kappa shape index (κ2) is 7.49. The summed E-state index contributed by atoms with van der Waals surface area (Å²) in [6, 6.07) is 18.8. The summed E-state index contributed by atoms with van der Waals surface area (Å²) in [4.78, 5) is 17.6. The van der Waals surface area contributed by atoms with Crippen LogP contribution in [0.15, 0.2) is 77.4 Å². The molecule has 0 saturated carbocycles. The molecule has 0 radical (unpaired) electrons. The van der Waals surface area contributed by atoms with Crippen LogP contribution in [0.4, 0.5) is 10.2 Å². The highest BCUT2D eigenvalue weighted by Gasteiger charge is 2.20. The van der Waals surface area contributed by atoms with Crippen molar-refractivity contribution in [3.8, 4) is 16.9 Å². The molecule has 1 N–H and O–H groups in total. The van der Waals surface area contributed by atoms with Crippen LogP contribution in [0.5, 0.6) is 0 Å². The average Bonchev–Trinajstić information content (AvgIpc) is 3.41. The Morgan fingerprint density at radius 2 is 1.84 bits per heavy atom. The number of carbonyl (C=O) groups is 1. The molecule has 5 aromatic rings. The summed E-state index contributed by atoms with van der Waals surface area (Å²) in [6.45, 7) is 1.74. The van der Waals surface area contributed by atoms with Gasteiger partial charge in [-0.2, -0.15) is 5.10 Å². The van der Waals surface area contributed by atoms with Crippen LogP contribution in [0.25, 0.3) is 28.0 Å². The molecule has 5 rings (SSSR count). The van der Waals surface area contributed by atoms with Gasteiger partial charge in [0.15, 0.2) is 5.82 Å². The van der Waals surface area contributed by atoms with Crippen LogP contribution in [0, 0.1) is 12.7 Å². The lowest BCUT2D eigenvalue weighted by molar-refractivity contribution is 0.102. The summed E-state index contributed by atoms with van der Waals surface area (Å²) in [7, 11) is 0. The summed E-state index contributed by atoms with van der Waals surface area (Å²) < 4.78 is 20.3. The number of halogens is 1. The van der Waals surface area contributed by atoms with Gasteiger partial charge in [0.05, 0.1) is 28.0 Å². The van der Waals surface area contributed by atoms with Crippen molar-refractivity contribution < 1.29 is 13.7 Å².